The number of nitriles is 1. The summed E-state index contributed by atoms with van der Waals surface area (Å²) in [6.07, 6.45) is 0.142. The van der Waals surface area contributed by atoms with E-state index in [1.165, 1.54) is 18.4 Å². The van der Waals surface area contributed by atoms with Crippen molar-refractivity contribution in [2.75, 3.05) is 12.4 Å². The first-order valence-electron chi connectivity index (χ1n) is 5.60. The van der Waals surface area contributed by atoms with Crippen LogP contribution in [0.5, 0.6) is 0 Å². The van der Waals surface area contributed by atoms with E-state index in [2.05, 4.69) is 15.0 Å². The van der Waals surface area contributed by atoms with Crippen molar-refractivity contribution in [1.82, 2.24) is 4.98 Å². The number of ether oxygens (including phenoxy) is 1. The Morgan fingerprint density at radius 1 is 1.60 bits per heavy atom. The van der Waals surface area contributed by atoms with Gasteiger partial charge in [-0.1, -0.05) is 11.6 Å². The molecule has 0 fully saturated rings. The second-order valence-electron chi connectivity index (χ2n) is 3.83. The van der Waals surface area contributed by atoms with Crippen LogP contribution >= 0.6 is 22.9 Å². The van der Waals surface area contributed by atoms with Crippen molar-refractivity contribution in [2.45, 2.75) is 6.42 Å². The van der Waals surface area contributed by atoms with Crippen LogP contribution in [-0.4, -0.2) is 18.1 Å². The molecule has 0 saturated heterocycles. The second-order valence-corrected chi connectivity index (χ2v) is 5.09. The molecular formula is C13H10ClN3O2S. The molecule has 0 atom stereocenters. The number of nitrogens with one attached hydrogen (secondary N) is 1. The first-order chi connectivity index (χ1) is 9.62. The van der Waals surface area contributed by atoms with Gasteiger partial charge in [-0.2, -0.15) is 5.26 Å². The van der Waals surface area contributed by atoms with Crippen LogP contribution in [0.15, 0.2) is 23.6 Å². The van der Waals surface area contributed by atoms with E-state index in [0.717, 1.165) is 5.69 Å². The Balaban J connectivity index is 2.09. The summed E-state index contributed by atoms with van der Waals surface area (Å²) in [5, 5.41) is 14.7. The van der Waals surface area contributed by atoms with Gasteiger partial charge in [-0.25, -0.2) is 4.98 Å². The average molecular weight is 308 g/mol. The number of benzene rings is 1. The normalized spacial score (nSPS) is 9.85. The lowest BCUT2D eigenvalue weighted by molar-refractivity contribution is -0.139. The molecule has 1 aromatic heterocycles. The van der Waals surface area contributed by atoms with E-state index < -0.39 is 0 Å². The zero-order valence-electron chi connectivity index (χ0n) is 10.5. The summed E-state index contributed by atoms with van der Waals surface area (Å²) in [4.78, 5) is 15.4. The Kier molecular flexibility index (Phi) is 4.56. The Morgan fingerprint density at radius 3 is 3.05 bits per heavy atom. The SMILES string of the molecule is COC(=O)Cc1csc(Nc2ccc(C#N)c(Cl)c2)n1. The number of aromatic nitrogens is 1. The van der Waals surface area contributed by atoms with Crippen molar-refractivity contribution in [3.8, 4) is 6.07 Å². The molecule has 20 heavy (non-hydrogen) atoms. The molecule has 0 aliphatic carbocycles. The maximum atomic E-state index is 11.1. The first kappa shape index (κ1) is 14.3. The minimum Gasteiger partial charge on any atom is -0.469 e. The van der Waals surface area contributed by atoms with Crippen molar-refractivity contribution in [2.24, 2.45) is 0 Å². The quantitative estimate of drug-likeness (QED) is 0.878. The van der Waals surface area contributed by atoms with Crippen molar-refractivity contribution in [3.63, 3.8) is 0 Å². The number of carbonyl (C=O) groups excluding carboxylic acids is 1. The number of thiazole rings is 1. The molecule has 2 rings (SSSR count). The largest absolute Gasteiger partial charge is 0.469 e. The van der Waals surface area contributed by atoms with Crippen molar-refractivity contribution in [3.05, 3.63) is 39.9 Å². The number of hydrogen-bond acceptors (Lipinski definition) is 6. The van der Waals surface area contributed by atoms with Gasteiger partial charge in [0.15, 0.2) is 5.13 Å². The fraction of sp³-hybridized carbons (Fsp3) is 0.154. The van der Waals surface area contributed by atoms with Gasteiger partial charge in [0.05, 0.1) is 29.8 Å². The van der Waals surface area contributed by atoms with Gasteiger partial charge in [0.1, 0.15) is 6.07 Å². The van der Waals surface area contributed by atoms with E-state index in [-0.39, 0.29) is 12.4 Å². The summed E-state index contributed by atoms with van der Waals surface area (Å²) >= 11 is 7.32. The predicted molar refractivity (Wildman–Crippen MR) is 77.3 cm³/mol. The summed E-state index contributed by atoms with van der Waals surface area (Å²) in [6, 6.07) is 7.02. The first-order valence-corrected chi connectivity index (χ1v) is 6.86. The molecule has 0 spiro atoms. The van der Waals surface area contributed by atoms with Gasteiger partial charge >= 0.3 is 5.97 Å². The van der Waals surface area contributed by atoms with Crippen molar-refractivity contribution < 1.29 is 9.53 Å². The zero-order valence-corrected chi connectivity index (χ0v) is 12.1. The van der Waals surface area contributed by atoms with Gasteiger partial charge in [-0.3, -0.25) is 4.79 Å². The minimum atomic E-state index is -0.330. The van der Waals surface area contributed by atoms with Gasteiger partial charge in [0, 0.05) is 11.1 Å². The molecule has 0 aliphatic heterocycles. The van der Waals surface area contributed by atoms with Crippen LogP contribution in [0, 0.1) is 11.3 Å². The maximum Gasteiger partial charge on any atom is 0.311 e. The van der Waals surface area contributed by atoms with Crippen LogP contribution in [0.25, 0.3) is 0 Å². The molecule has 102 valence electrons. The molecule has 1 N–H and O–H groups in total. The van der Waals surface area contributed by atoms with E-state index in [1.807, 2.05) is 6.07 Å². The van der Waals surface area contributed by atoms with Gasteiger partial charge in [-0.05, 0) is 18.2 Å². The topological polar surface area (TPSA) is 75.0 Å². The molecule has 0 amide bonds. The lowest BCUT2D eigenvalue weighted by Gasteiger charge is -2.03. The van der Waals surface area contributed by atoms with Crippen LogP contribution in [0.1, 0.15) is 11.3 Å². The number of anilines is 2. The van der Waals surface area contributed by atoms with E-state index in [0.29, 0.717) is 21.4 Å². The fourth-order valence-corrected chi connectivity index (χ4v) is 2.43. The van der Waals surface area contributed by atoms with E-state index in [9.17, 15) is 4.79 Å². The number of nitrogens with zero attached hydrogens (tertiary/aromatic N) is 2. The lowest BCUT2D eigenvalue weighted by atomic mass is 10.2. The Bertz CT molecular complexity index is 678. The number of carbonyl (C=O) groups is 1. The number of methoxy groups -OCH3 is 1. The highest BCUT2D eigenvalue weighted by atomic mass is 35.5. The van der Waals surface area contributed by atoms with Gasteiger partial charge < -0.3 is 10.1 Å². The van der Waals surface area contributed by atoms with Crippen molar-refractivity contribution >= 4 is 39.7 Å². The summed E-state index contributed by atoms with van der Waals surface area (Å²) in [5.41, 5.74) is 1.79. The maximum absolute atomic E-state index is 11.1. The van der Waals surface area contributed by atoms with Crippen LogP contribution in [0.4, 0.5) is 10.8 Å². The van der Waals surface area contributed by atoms with Crippen molar-refractivity contribution in [1.29, 1.82) is 5.26 Å². The molecule has 7 heteroatoms. The number of rotatable bonds is 4. The predicted octanol–water partition coefficient (Wildman–Crippen LogP) is 3.13. The van der Waals surface area contributed by atoms with Crippen LogP contribution in [-0.2, 0) is 16.0 Å². The van der Waals surface area contributed by atoms with E-state index >= 15 is 0 Å². The van der Waals surface area contributed by atoms with Crippen LogP contribution in [0.2, 0.25) is 5.02 Å². The monoisotopic (exact) mass is 307 g/mol. The molecule has 0 radical (unpaired) electrons. The third kappa shape index (κ3) is 3.47. The summed E-state index contributed by atoms with van der Waals surface area (Å²) in [7, 11) is 1.34. The lowest BCUT2D eigenvalue weighted by Crippen LogP contribution is -2.04. The molecule has 1 heterocycles. The number of esters is 1. The van der Waals surface area contributed by atoms with Crippen LogP contribution < -0.4 is 5.32 Å². The fourth-order valence-electron chi connectivity index (χ4n) is 1.47. The van der Waals surface area contributed by atoms with Gasteiger partial charge in [0.2, 0.25) is 0 Å². The zero-order chi connectivity index (χ0) is 14.5. The third-order valence-electron chi connectivity index (χ3n) is 2.45. The highest BCUT2D eigenvalue weighted by molar-refractivity contribution is 7.13. The number of halogens is 1. The summed E-state index contributed by atoms with van der Waals surface area (Å²) in [6.45, 7) is 0. The third-order valence-corrected chi connectivity index (χ3v) is 3.56. The molecule has 2 aromatic rings. The highest BCUT2D eigenvalue weighted by Crippen LogP contribution is 2.25. The smallest absolute Gasteiger partial charge is 0.311 e. The summed E-state index contributed by atoms with van der Waals surface area (Å²) < 4.78 is 4.58. The standard InChI is InChI=1S/C13H10ClN3O2S/c1-19-12(18)5-10-7-20-13(17-10)16-9-3-2-8(6-15)11(14)4-9/h2-4,7H,5H2,1H3,(H,16,17). The summed E-state index contributed by atoms with van der Waals surface area (Å²) in [5.74, 6) is -0.330. The molecule has 1 aromatic carbocycles. The average Bonchev–Trinajstić information content (AvgIpc) is 2.86. The molecule has 0 bridgehead atoms. The number of hydrogen-bond donors (Lipinski definition) is 1. The van der Waals surface area contributed by atoms with Gasteiger partial charge in [0.25, 0.3) is 0 Å². The minimum absolute atomic E-state index is 0.142. The molecule has 0 saturated carbocycles. The molecular weight excluding hydrogens is 298 g/mol. The Hall–Kier alpha value is -2.10. The highest BCUT2D eigenvalue weighted by Gasteiger charge is 2.08. The Morgan fingerprint density at radius 2 is 2.40 bits per heavy atom. The molecule has 0 unspecified atom stereocenters. The van der Waals surface area contributed by atoms with E-state index in [4.69, 9.17) is 16.9 Å². The molecule has 0 aliphatic rings. The molecule has 5 nitrogen and oxygen atoms in total. The Labute approximate surface area is 124 Å². The van der Waals surface area contributed by atoms with E-state index in [1.54, 1.807) is 23.6 Å². The van der Waals surface area contributed by atoms with Gasteiger partial charge in [-0.15, -0.1) is 11.3 Å². The van der Waals surface area contributed by atoms with Crippen LogP contribution in [0.3, 0.4) is 0 Å². The second kappa shape index (κ2) is 6.37.